The summed E-state index contributed by atoms with van der Waals surface area (Å²) in [5, 5.41) is 9.62. The smallest absolute Gasteiger partial charge is 0.248 e. The molecule has 0 saturated carbocycles. The molecule has 2 heterocycles. The lowest BCUT2D eigenvalue weighted by Crippen LogP contribution is -1.93. The van der Waals surface area contributed by atoms with Crippen LogP contribution in [0.15, 0.2) is 18.3 Å². The van der Waals surface area contributed by atoms with E-state index in [2.05, 4.69) is 25.5 Å². The van der Waals surface area contributed by atoms with Crippen molar-refractivity contribution in [2.75, 3.05) is 11.1 Å². The van der Waals surface area contributed by atoms with Crippen molar-refractivity contribution in [3.63, 3.8) is 0 Å². The number of pyridine rings is 1. The fourth-order valence-electron chi connectivity index (χ4n) is 0.940. The van der Waals surface area contributed by atoms with Crippen LogP contribution in [-0.2, 0) is 0 Å². The van der Waals surface area contributed by atoms with E-state index in [1.807, 2.05) is 0 Å². The molecule has 0 radical (unpaired) electrons. The van der Waals surface area contributed by atoms with E-state index in [4.69, 9.17) is 17.3 Å². The number of hydrogen-bond acceptors (Lipinski definition) is 5. The van der Waals surface area contributed by atoms with Gasteiger partial charge in [-0.2, -0.15) is 4.98 Å². The van der Waals surface area contributed by atoms with E-state index in [0.29, 0.717) is 11.1 Å². The number of aromatic nitrogens is 4. The molecule has 2 aromatic heterocycles. The molecule has 72 valence electrons. The van der Waals surface area contributed by atoms with Gasteiger partial charge in [-0.25, -0.2) is 10.1 Å². The van der Waals surface area contributed by atoms with Crippen LogP contribution in [0.3, 0.4) is 0 Å². The minimum Gasteiger partial charge on any atom is -0.368 e. The van der Waals surface area contributed by atoms with Crippen LogP contribution >= 0.6 is 11.6 Å². The third-order valence-electron chi connectivity index (χ3n) is 1.49. The second-order valence-electron chi connectivity index (χ2n) is 2.54. The van der Waals surface area contributed by atoms with E-state index < -0.39 is 0 Å². The molecule has 0 saturated heterocycles. The van der Waals surface area contributed by atoms with Gasteiger partial charge < -0.3 is 11.1 Å². The van der Waals surface area contributed by atoms with Crippen LogP contribution in [0.4, 0.5) is 17.6 Å². The number of aromatic amines is 1. The Morgan fingerprint density at radius 3 is 3.00 bits per heavy atom. The minimum absolute atomic E-state index is 0.257. The Labute approximate surface area is 84.5 Å². The molecule has 0 aliphatic heterocycles. The predicted molar refractivity (Wildman–Crippen MR) is 53.3 cm³/mol. The van der Waals surface area contributed by atoms with Gasteiger partial charge in [-0.1, -0.05) is 11.6 Å². The third-order valence-corrected chi connectivity index (χ3v) is 1.69. The Morgan fingerprint density at radius 1 is 1.50 bits per heavy atom. The lowest BCUT2D eigenvalue weighted by atomic mass is 10.4. The molecule has 2 rings (SSSR count). The first kappa shape index (κ1) is 8.76. The molecular weight excluding hydrogens is 204 g/mol. The van der Waals surface area contributed by atoms with Crippen molar-refractivity contribution < 1.29 is 0 Å². The number of nitrogens with two attached hydrogens (primary N) is 1. The number of halogens is 1. The van der Waals surface area contributed by atoms with E-state index in [-0.39, 0.29) is 5.95 Å². The molecule has 0 amide bonds. The molecule has 0 aliphatic carbocycles. The van der Waals surface area contributed by atoms with E-state index in [1.54, 1.807) is 18.3 Å². The summed E-state index contributed by atoms with van der Waals surface area (Å²) in [6.07, 6.45) is 1.58. The van der Waals surface area contributed by atoms with Gasteiger partial charge in [-0.05, 0) is 12.1 Å². The number of nitrogens with one attached hydrogen (secondary N) is 2. The molecule has 0 atom stereocenters. The fourth-order valence-corrected chi connectivity index (χ4v) is 1.11. The number of nitrogen functional groups attached to an aromatic ring is 1. The number of H-pyrrole nitrogens is 1. The quantitative estimate of drug-likeness (QED) is 0.648. The van der Waals surface area contributed by atoms with Crippen LogP contribution in [0.2, 0.25) is 5.15 Å². The van der Waals surface area contributed by atoms with E-state index in [0.717, 1.165) is 5.69 Å². The number of rotatable bonds is 2. The largest absolute Gasteiger partial charge is 0.368 e. The van der Waals surface area contributed by atoms with Gasteiger partial charge in [0.2, 0.25) is 11.9 Å². The normalized spacial score (nSPS) is 10.1. The first-order chi connectivity index (χ1) is 6.74. The third kappa shape index (κ3) is 1.91. The maximum atomic E-state index is 5.69. The first-order valence-electron chi connectivity index (χ1n) is 3.80. The number of hydrogen-bond donors (Lipinski definition) is 3. The lowest BCUT2D eigenvalue weighted by molar-refractivity contribution is 1.10. The average Bonchev–Trinajstić information content (AvgIpc) is 2.51. The van der Waals surface area contributed by atoms with Crippen molar-refractivity contribution in [2.24, 2.45) is 0 Å². The summed E-state index contributed by atoms with van der Waals surface area (Å²) in [7, 11) is 0. The van der Waals surface area contributed by atoms with Gasteiger partial charge in [-0.3, -0.25) is 0 Å². The number of anilines is 3. The zero-order chi connectivity index (χ0) is 9.97. The van der Waals surface area contributed by atoms with Crippen molar-refractivity contribution in [1.82, 2.24) is 20.2 Å². The highest BCUT2D eigenvalue weighted by atomic mass is 35.5. The number of nitrogens with zero attached hydrogens (tertiary/aromatic N) is 3. The van der Waals surface area contributed by atoms with Gasteiger partial charge in [0.05, 0.1) is 0 Å². The standard InChI is InChI=1S/C7H7ClN6/c8-5-3-4(1-2-10-5)11-7-12-6(9)13-14-7/h1-3H,(H4,9,10,11,12,13,14). The van der Waals surface area contributed by atoms with Gasteiger partial charge in [0.15, 0.2) is 0 Å². The van der Waals surface area contributed by atoms with E-state index in [1.165, 1.54) is 0 Å². The monoisotopic (exact) mass is 210 g/mol. The highest BCUT2D eigenvalue weighted by Crippen LogP contribution is 2.15. The second-order valence-corrected chi connectivity index (χ2v) is 2.92. The predicted octanol–water partition coefficient (Wildman–Crippen LogP) is 1.18. The molecule has 7 heteroatoms. The summed E-state index contributed by atoms with van der Waals surface area (Å²) in [5.41, 5.74) is 6.11. The Balaban J connectivity index is 2.18. The maximum absolute atomic E-state index is 5.69. The van der Waals surface area contributed by atoms with Gasteiger partial charge in [0.1, 0.15) is 5.15 Å². The van der Waals surface area contributed by atoms with Crippen molar-refractivity contribution in [1.29, 1.82) is 0 Å². The van der Waals surface area contributed by atoms with E-state index in [9.17, 15) is 0 Å². The summed E-state index contributed by atoms with van der Waals surface area (Å²) in [6.45, 7) is 0. The van der Waals surface area contributed by atoms with Gasteiger partial charge in [0, 0.05) is 11.9 Å². The second kappa shape index (κ2) is 3.51. The van der Waals surface area contributed by atoms with Crippen LogP contribution in [0.1, 0.15) is 0 Å². The zero-order valence-electron chi connectivity index (χ0n) is 7.03. The van der Waals surface area contributed by atoms with Crippen molar-refractivity contribution in [3.05, 3.63) is 23.5 Å². The van der Waals surface area contributed by atoms with Crippen LogP contribution in [0.5, 0.6) is 0 Å². The van der Waals surface area contributed by atoms with Crippen LogP contribution in [0, 0.1) is 0 Å². The molecule has 0 fully saturated rings. The molecule has 0 aromatic carbocycles. The fraction of sp³-hybridized carbons (Fsp3) is 0. The van der Waals surface area contributed by atoms with Crippen molar-refractivity contribution >= 4 is 29.2 Å². The molecule has 2 aromatic rings. The Hall–Kier alpha value is -1.82. The van der Waals surface area contributed by atoms with Crippen LogP contribution < -0.4 is 11.1 Å². The lowest BCUT2D eigenvalue weighted by Gasteiger charge is -1.99. The Kier molecular flexibility index (Phi) is 2.19. The van der Waals surface area contributed by atoms with Crippen molar-refractivity contribution in [3.8, 4) is 0 Å². The molecule has 0 bridgehead atoms. The molecule has 0 aliphatic rings. The van der Waals surface area contributed by atoms with Crippen LogP contribution in [0.25, 0.3) is 0 Å². The first-order valence-corrected chi connectivity index (χ1v) is 4.18. The summed E-state index contributed by atoms with van der Waals surface area (Å²) < 4.78 is 0. The summed E-state index contributed by atoms with van der Waals surface area (Å²) in [6, 6.07) is 3.41. The van der Waals surface area contributed by atoms with Gasteiger partial charge >= 0.3 is 0 Å². The zero-order valence-corrected chi connectivity index (χ0v) is 7.78. The van der Waals surface area contributed by atoms with Gasteiger partial charge in [0.25, 0.3) is 0 Å². The Bertz CT molecular complexity index is 439. The SMILES string of the molecule is Nc1nc(Nc2ccnc(Cl)c2)n[nH]1. The Morgan fingerprint density at radius 2 is 2.36 bits per heavy atom. The average molecular weight is 211 g/mol. The molecule has 0 unspecified atom stereocenters. The summed E-state index contributed by atoms with van der Waals surface area (Å²) >= 11 is 5.69. The van der Waals surface area contributed by atoms with E-state index >= 15 is 0 Å². The molecule has 0 spiro atoms. The van der Waals surface area contributed by atoms with Crippen LogP contribution in [-0.4, -0.2) is 20.2 Å². The topological polar surface area (TPSA) is 92.5 Å². The maximum Gasteiger partial charge on any atom is 0.248 e. The minimum atomic E-state index is 0.257. The molecular formula is C7H7ClN6. The molecule has 14 heavy (non-hydrogen) atoms. The van der Waals surface area contributed by atoms with Crippen molar-refractivity contribution in [2.45, 2.75) is 0 Å². The molecule has 6 nitrogen and oxygen atoms in total. The highest BCUT2D eigenvalue weighted by molar-refractivity contribution is 6.29. The molecule has 4 N–H and O–H groups in total. The summed E-state index contributed by atoms with van der Waals surface area (Å²) in [4.78, 5) is 7.71. The highest BCUT2D eigenvalue weighted by Gasteiger charge is 2.00. The van der Waals surface area contributed by atoms with Gasteiger partial charge in [-0.15, -0.1) is 5.10 Å². The summed E-state index contributed by atoms with van der Waals surface area (Å²) in [5.74, 6) is 0.650.